The Morgan fingerprint density at radius 2 is 2.11 bits per heavy atom. The highest BCUT2D eigenvalue weighted by Crippen LogP contribution is 2.27. The van der Waals surface area contributed by atoms with Crippen molar-refractivity contribution in [2.75, 3.05) is 18.5 Å². The van der Waals surface area contributed by atoms with Gasteiger partial charge in [0, 0.05) is 12.6 Å². The van der Waals surface area contributed by atoms with E-state index in [2.05, 4.69) is 15.3 Å². The van der Waals surface area contributed by atoms with Crippen LogP contribution in [-0.2, 0) is 0 Å². The van der Waals surface area contributed by atoms with Crippen molar-refractivity contribution in [1.29, 1.82) is 0 Å². The third kappa shape index (κ3) is 3.86. The van der Waals surface area contributed by atoms with E-state index in [1.54, 1.807) is 0 Å². The van der Waals surface area contributed by atoms with Crippen LogP contribution < -0.4 is 10.1 Å². The molecule has 0 atom stereocenters. The Labute approximate surface area is 109 Å². The van der Waals surface area contributed by atoms with Crippen molar-refractivity contribution in [1.82, 2.24) is 9.97 Å². The number of nitrogens with one attached hydrogen (secondary N) is 1. The normalized spacial score (nSPS) is 15.9. The third-order valence-electron chi connectivity index (χ3n) is 3.44. The first-order valence-electron chi connectivity index (χ1n) is 7.00. The lowest BCUT2D eigenvalue weighted by molar-refractivity contribution is 0.325. The average Bonchev–Trinajstić information content (AvgIpc) is 2.82. The molecule has 1 aliphatic rings. The van der Waals surface area contributed by atoms with Crippen molar-refractivity contribution < 1.29 is 4.74 Å². The van der Waals surface area contributed by atoms with Crippen LogP contribution in [0, 0.1) is 12.8 Å². The van der Waals surface area contributed by atoms with Crippen LogP contribution >= 0.6 is 0 Å². The second kappa shape index (κ2) is 6.57. The van der Waals surface area contributed by atoms with Gasteiger partial charge >= 0.3 is 0 Å². The van der Waals surface area contributed by atoms with Crippen LogP contribution in [0.15, 0.2) is 6.07 Å². The molecule has 1 fully saturated rings. The van der Waals surface area contributed by atoms with Gasteiger partial charge in [-0.1, -0.05) is 25.7 Å². The molecule has 1 heterocycles. The van der Waals surface area contributed by atoms with E-state index in [9.17, 15) is 0 Å². The SMILES string of the molecule is CCOc1cc(NCCC2CCCC2)nc(C)n1. The van der Waals surface area contributed by atoms with Crippen LogP contribution in [0.5, 0.6) is 5.88 Å². The number of rotatable bonds is 6. The van der Waals surface area contributed by atoms with E-state index in [0.717, 1.165) is 24.1 Å². The van der Waals surface area contributed by atoms with Gasteiger partial charge in [0.25, 0.3) is 0 Å². The van der Waals surface area contributed by atoms with Crippen molar-refractivity contribution >= 4 is 5.82 Å². The summed E-state index contributed by atoms with van der Waals surface area (Å²) in [6.07, 6.45) is 6.86. The molecular weight excluding hydrogens is 226 g/mol. The first-order valence-corrected chi connectivity index (χ1v) is 7.00. The molecule has 1 N–H and O–H groups in total. The first kappa shape index (κ1) is 13.1. The largest absolute Gasteiger partial charge is 0.478 e. The smallest absolute Gasteiger partial charge is 0.218 e. The summed E-state index contributed by atoms with van der Waals surface area (Å²) < 4.78 is 5.42. The van der Waals surface area contributed by atoms with Gasteiger partial charge in [0.05, 0.1) is 6.61 Å². The first-order chi connectivity index (χ1) is 8.78. The van der Waals surface area contributed by atoms with Gasteiger partial charge in [0.1, 0.15) is 11.6 Å². The fourth-order valence-electron chi connectivity index (χ4n) is 2.56. The fraction of sp³-hybridized carbons (Fsp3) is 0.714. The Kier molecular flexibility index (Phi) is 4.79. The summed E-state index contributed by atoms with van der Waals surface area (Å²) in [4.78, 5) is 8.61. The summed E-state index contributed by atoms with van der Waals surface area (Å²) in [5, 5.41) is 3.38. The molecule has 0 aromatic carbocycles. The Morgan fingerprint density at radius 3 is 2.83 bits per heavy atom. The predicted octanol–water partition coefficient (Wildman–Crippen LogP) is 3.18. The molecule has 0 saturated heterocycles. The summed E-state index contributed by atoms with van der Waals surface area (Å²) in [5.41, 5.74) is 0. The minimum absolute atomic E-state index is 0.637. The van der Waals surface area contributed by atoms with Gasteiger partial charge in [-0.05, 0) is 26.2 Å². The van der Waals surface area contributed by atoms with Crippen molar-refractivity contribution in [3.8, 4) is 5.88 Å². The minimum Gasteiger partial charge on any atom is -0.478 e. The monoisotopic (exact) mass is 249 g/mol. The molecule has 0 unspecified atom stereocenters. The Hall–Kier alpha value is -1.32. The van der Waals surface area contributed by atoms with E-state index in [0.29, 0.717) is 12.5 Å². The highest BCUT2D eigenvalue weighted by molar-refractivity contribution is 5.38. The van der Waals surface area contributed by atoms with Gasteiger partial charge in [0.15, 0.2) is 0 Å². The molecular formula is C14H23N3O. The molecule has 0 spiro atoms. The molecule has 18 heavy (non-hydrogen) atoms. The summed E-state index contributed by atoms with van der Waals surface area (Å²) in [6.45, 7) is 5.49. The molecule has 4 heteroatoms. The van der Waals surface area contributed by atoms with E-state index in [1.807, 2.05) is 19.9 Å². The molecule has 1 aromatic rings. The van der Waals surface area contributed by atoms with Crippen molar-refractivity contribution in [3.05, 3.63) is 11.9 Å². The van der Waals surface area contributed by atoms with Crippen LogP contribution in [0.25, 0.3) is 0 Å². The van der Waals surface area contributed by atoms with Gasteiger partial charge in [-0.2, -0.15) is 4.98 Å². The fourth-order valence-corrected chi connectivity index (χ4v) is 2.56. The third-order valence-corrected chi connectivity index (χ3v) is 3.44. The number of anilines is 1. The van der Waals surface area contributed by atoms with Crippen molar-refractivity contribution in [2.45, 2.75) is 46.0 Å². The summed E-state index contributed by atoms with van der Waals surface area (Å²) in [5.74, 6) is 3.20. The average molecular weight is 249 g/mol. The molecule has 0 amide bonds. The standard InChI is InChI=1S/C14H23N3O/c1-3-18-14-10-13(16-11(2)17-14)15-9-8-12-6-4-5-7-12/h10,12H,3-9H2,1-2H3,(H,15,16,17). The van der Waals surface area contributed by atoms with Crippen LogP contribution in [0.3, 0.4) is 0 Å². The van der Waals surface area contributed by atoms with E-state index in [1.165, 1.54) is 32.1 Å². The lowest BCUT2D eigenvalue weighted by Gasteiger charge is -2.11. The van der Waals surface area contributed by atoms with Gasteiger partial charge in [-0.15, -0.1) is 0 Å². The van der Waals surface area contributed by atoms with E-state index in [-0.39, 0.29) is 0 Å². The van der Waals surface area contributed by atoms with Crippen LogP contribution in [0.2, 0.25) is 0 Å². The number of hydrogen-bond acceptors (Lipinski definition) is 4. The van der Waals surface area contributed by atoms with E-state index in [4.69, 9.17) is 4.74 Å². The van der Waals surface area contributed by atoms with Gasteiger partial charge < -0.3 is 10.1 Å². The zero-order valence-corrected chi connectivity index (χ0v) is 11.4. The van der Waals surface area contributed by atoms with Crippen LogP contribution in [0.4, 0.5) is 5.82 Å². The maximum atomic E-state index is 5.42. The summed E-state index contributed by atoms with van der Waals surface area (Å²) >= 11 is 0. The number of aryl methyl sites for hydroxylation is 1. The molecule has 1 aromatic heterocycles. The van der Waals surface area contributed by atoms with Crippen molar-refractivity contribution in [3.63, 3.8) is 0 Å². The van der Waals surface area contributed by atoms with Gasteiger partial charge in [-0.25, -0.2) is 4.98 Å². The Bertz CT molecular complexity index is 375. The predicted molar refractivity (Wildman–Crippen MR) is 73.0 cm³/mol. The van der Waals surface area contributed by atoms with E-state index < -0.39 is 0 Å². The number of hydrogen-bond donors (Lipinski definition) is 1. The maximum absolute atomic E-state index is 5.42. The Morgan fingerprint density at radius 1 is 1.33 bits per heavy atom. The molecule has 0 aliphatic heterocycles. The number of nitrogens with zero attached hydrogens (tertiary/aromatic N) is 2. The van der Waals surface area contributed by atoms with Crippen LogP contribution in [0.1, 0.15) is 44.9 Å². The van der Waals surface area contributed by atoms with Gasteiger partial charge in [0.2, 0.25) is 5.88 Å². The lowest BCUT2D eigenvalue weighted by atomic mass is 10.0. The molecule has 2 rings (SSSR count). The molecule has 1 aliphatic carbocycles. The highest BCUT2D eigenvalue weighted by atomic mass is 16.5. The molecule has 0 bridgehead atoms. The maximum Gasteiger partial charge on any atom is 0.218 e. The zero-order valence-electron chi connectivity index (χ0n) is 11.4. The quantitative estimate of drug-likeness (QED) is 0.841. The topological polar surface area (TPSA) is 47.0 Å². The van der Waals surface area contributed by atoms with Crippen LogP contribution in [-0.4, -0.2) is 23.1 Å². The minimum atomic E-state index is 0.637. The number of ether oxygens (including phenoxy) is 1. The zero-order chi connectivity index (χ0) is 12.8. The number of aromatic nitrogens is 2. The molecule has 0 radical (unpaired) electrons. The lowest BCUT2D eigenvalue weighted by Crippen LogP contribution is -2.09. The van der Waals surface area contributed by atoms with E-state index >= 15 is 0 Å². The molecule has 4 nitrogen and oxygen atoms in total. The highest BCUT2D eigenvalue weighted by Gasteiger charge is 2.14. The molecule has 1 saturated carbocycles. The summed E-state index contributed by atoms with van der Waals surface area (Å²) in [6, 6.07) is 1.88. The second-order valence-corrected chi connectivity index (χ2v) is 4.94. The van der Waals surface area contributed by atoms with Crippen molar-refractivity contribution in [2.24, 2.45) is 5.92 Å². The molecule has 100 valence electrons. The Balaban J connectivity index is 1.83. The van der Waals surface area contributed by atoms with Gasteiger partial charge in [-0.3, -0.25) is 0 Å². The summed E-state index contributed by atoms with van der Waals surface area (Å²) in [7, 11) is 0. The second-order valence-electron chi connectivity index (χ2n) is 4.94.